The third kappa shape index (κ3) is 26.1. The van der Waals surface area contributed by atoms with E-state index in [0.29, 0.717) is 13.2 Å². The van der Waals surface area contributed by atoms with Gasteiger partial charge in [0.25, 0.3) is 0 Å². The van der Waals surface area contributed by atoms with Crippen molar-refractivity contribution >= 4 is 0 Å². The van der Waals surface area contributed by atoms with Crippen LogP contribution in [0.1, 0.15) is 199 Å². The summed E-state index contributed by atoms with van der Waals surface area (Å²) in [7, 11) is 0. The molecule has 0 amide bonds. The summed E-state index contributed by atoms with van der Waals surface area (Å²) in [6.07, 6.45) is 37.5. The molecule has 0 spiro atoms. The van der Waals surface area contributed by atoms with Crippen LogP contribution < -0.4 is 0 Å². The van der Waals surface area contributed by atoms with Crippen LogP contribution in [0.15, 0.2) is 16.5 Å². The average Bonchev–Trinajstić information content (AvgIpc) is 3.42. The fraction of sp³-hybridized carbons (Fsp3) is 0.892. The standard InChI is InChI=1S/C37H70O3/c1-3-5-7-9-11-13-15-16-17-18-19-21-23-25-27-29-33-39-35-37-31-30-36(40-37)34-38-32-28-26-24-22-20-14-12-10-8-6-4-2/h30-31H,3-29,32-35H2,1-2H3. The Hall–Kier alpha value is -0.800. The molecule has 1 aromatic heterocycles. The molecule has 1 rings (SSSR count). The first kappa shape index (κ1) is 37.2. The Labute approximate surface area is 250 Å². The van der Waals surface area contributed by atoms with Gasteiger partial charge in [-0.3, -0.25) is 0 Å². The van der Waals surface area contributed by atoms with Crippen LogP contribution in [0.4, 0.5) is 0 Å². The molecule has 0 saturated carbocycles. The number of hydrogen-bond acceptors (Lipinski definition) is 3. The van der Waals surface area contributed by atoms with Crippen LogP contribution >= 0.6 is 0 Å². The summed E-state index contributed by atoms with van der Waals surface area (Å²) in [5.74, 6) is 1.84. The van der Waals surface area contributed by atoms with Crippen LogP contribution in [-0.4, -0.2) is 13.2 Å². The number of ether oxygens (including phenoxy) is 2. The predicted molar refractivity (Wildman–Crippen MR) is 174 cm³/mol. The second kappa shape index (κ2) is 31.1. The first-order valence-electron chi connectivity index (χ1n) is 18.1. The highest BCUT2D eigenvalue weighted by molar-refractivity contribution is 5.05. The van der Waals surface area contributed by atoms with Gasteiger partial charge in [0.2, 0.25) is 0 Å². The largest absolute Gasteiger partial charge is 0.461 e. The van der Waals surface area contributed by atoms with Crippen molar-refractivity contribution in [3.8, 4) is 0 Å². The van der Waals surface area contributed by atoms with Crippen molar-refractivity contribution < 1.29 is 13.9 Å². The van der Waals surface area contributed by atoms with E-state index in [-0.39, 0.29) is 0 Å². The van der Waals surface area contributed by atoms with Crippen LogP contribution in [0.3, 0.4) is 0 Å². The van der Waals surface area contributed by atoms with Crippen molar-refractivity contribution in [3.63, 3.8) is 0 Å². The van der Waals surface area contributed by atoms with Gasteiger partial charge in [-0.25, -0.2) is 0 Å². The summed E-state index contributed by atoms with van der Waals surface area (Å²) in [6.45, 7) is 7.42. The molecule has 0 radical (unpaired) electrons. The van der Waals surface area contributed by atoms with E-state index < -0.39 is 0 Å². The van der Waals surface area contributed by atoms with Crippen LogP contribution in [0.25, 0.3) is 0 Å². The lowest BCUT2D eigenvalue weighted by Gasteiger charge is -2.05. The molecule has 0 aliphatic carbocycles. The van der Waals surface area contributed by atoms with Crippen molar-refractivity contribution in [1.29, 1.82) is 0 Å². The highest BCUT2D eigenvalue weighted by Crippen LogP contribution is 2.15. The highest BCUT2D eigenvalue weighted by Gasteiger charge is 2.03. The first-order valence-corrected chi connectivity index (χ1v) is 18.1. The van der Waals surface area contributed by atoms with Crippen LogP contribution in [0.5, 0.6) is 0 Å². The average molecular weight is 563 g/mol. The molecule has 3 heteroatoms. The summed E-state index contributed by atoms with van der Waals surface area (Å²) in [4.78, 5) is 0. The van der Waals surface area contributed by atoms with Gasteiger partial charge in [0.15, 0.2) is 0 Å². The third-order valence-electron chi connectivity index (χ3n) is 8.24. The van der Waals surface area contributed by atoms with Crippen LogP contribution in [0, 0.1) is 0 Å². The molecule has 0 bridgehead atoms. The Morgan fingerprint density at radius 1 is 0.375 bits per heavy atom. The zero-order chi connectivity index (χ0) is 28.6. The van der Waals surface area contributed by atoms with Crippen molar-refractivity contribution in [2.75, 3.05) is 13.2 Å². The van der Waals surface area contributed by atoms with Gasteiger partial charge in [-0.2, -0.15) is 0 Å². The Bertz CT molecular complexity index is 596. The highest BCUT2D eigenvalue weighted by atomic mass is 16.5. The SMILES string of the molecule is CCCCCCCCCCCCCCCCCCOCc1ccc(COCCCCCCCCCCCCC)o1. The fourth-order valence-corrected chi connectivity index (χ4v) is 5.54. The van der Waals surface area contributed by atoms with E-state index in [1.165, 1.54) is 161 Å². The molecule has 0 unspecified atom stereocenters. The van der Waals surface area contributed by atoms with Gasteiger partial charge in [0.1, 0.15) is 24.7 Å². The number of hydrogen-bond donors (Lipinski definition) is 0. The summed E-state index contributed by atoms with van der Waals surface area (Å²) < 4.78 is 17.5. The molecule has 0 saturated heterocycles. The Morgan fingerprint density at radius 3 is 0.900 bits per heavy atom. The predicted octanol–water partition coefficient (Wildman–Crippen LogP) is 12.9. The molecular formula is C37H70O3. The minimum atomic E-state index is 0.580. The van der Waals surface area contributed by atoms with Gasteiger partial charge in [-0.1, -0.05) is 174 Å². The van der Waals surface area contributed by atoms with Gasteiger partial charge in [-0.15, -0.1) is 0 Å². The quantitative estimate of drug-likeness (QED) is 0.0798. The molecule has 1 aromatic rings. The lowest BCUT2D eigenvalue weighted by Crippen LogP contribution is -1.96. The minimum absolute atomic E-state index is 0.580. The molecule has 0 aliphatic heterocycles. The maximum absolute atomic E-state index is 5.87. The summed E-state index contributed by atoms with van der Waals surface area (Å²) >= 11 is 0. The van der Waals surface area contributed by atoms with Gasteiger partial charge < -0.3 is 13.9 Å². The second-order valence-corrected chi connectivity index (χ2v) is 12.3. The van der Waals surface area contributed by atoms with Crippen molar-refractivity contribution in [1.82, 2.24) is 0 Å². The molecule has 1 heterocycles. The van der Waals surface area contributed by atoms with E-state index in [9.17, 15) is 0 Å². The minimum Gasteiger partial charge on any atom is -0.461 e. The Morgan fingerprint density at radius 2 is 0.625 bits per heavy atom. The topological polar surface area (TPSA) is 31.6 Å². The molecule has 0 aliphatic rings. The molecule has 3 nitrogen and oxygen atoms in total. The molecule has 0 atom stereocenters. The lowest BCUT2D eigenvalue weighted by atomic mass is 10.0. The summed E-state index contributed by atoms with van der Waals surface area (Å²) in [5, 5.41) is 0. The van der Waals surface area contributed by atoms with Gasteiger partial charge in [0, 0.05) is 13.2 Å². The maximum Gasteiger partial charge on any atom is 0.129 e. The maximum atomic E-state index is 5.87. The van der Waals surface area contributed by atoms with Crippen molar-refractivity contribution in [3.05, 3.63) is 23.7 Å². The van der Waals surface area contributed by atoms with E-state index >= 15 is 0 Å². The number of unbranched alkanes of at least 4 members (excludes halogenated alkanes) is 25. The zero-order valence-corrected chi connectivity index (χ0v) is 27.3. The number of rotatable bonds is 33. The van der Waals surface area contributed by atoms with Crippen LogP contribution in [0.2, 0.25) is 0 Å². The second-order valence-electron chi connectivity index (χ2n) is 12.3. The smallest absolute Gasteiger partial charge is 0.129 e. The monoisotopic (exact) mass is 563 g/mol. The molecule has 0 fully saturated rings. The summed E-state index contributed by atoms with van der Waals surface area (Å²) in [6, 6.07) is 4.07. The van der Waals surface area contributed by atoms with E-state index in [1.54, 1.807) is 0 Å². The van der Waals surface area contributed by atoms with Gasteiger partial charge in [-0.05, 0) is 25.0 Å². The number of furan rings is 1. The third-order valence-corrected chi connectivity index (χ3v) is 8.24. The Balaban J connectivity index is 1.78. The fourth-order valence-electron chi connectivity index (χ4n) is 5.54. The first-order chi connectivity index (χ1) is 19.9. The molecule has 236 valence electrons. The van der Waals surface area contributed by atoms with E-state index in [0.717, 1.165) is 37.6 Å². The summed E-state index contributed by atoms with van der Waals surface area (Å²) in [5.41, 5.74) is 0. The van der Waals surface area contributed by atoms with Crippen molar-refractivity contribution in [2.45, 2.75) is 200 Å². The van der Waals surface area contributed by atoms with E-state index in [1.807, 2.05) is 12.1 Å². The Kier molecular flexibility index (Phi) is 29.0. The van der Waals surface area contributed by atoms with Gasteiger partial charge >= 0.3 is 0 Å². The molecule has 40 heavy (non-hydrogen) atoms. The van der Waals surface area contributed by atoms with E-state index in [2.05, 4.69) is 13.8 Å². The lowest BCUT2D eigenvalue weighted by molar-refractivity contribution is 0.0863. The molecule has 0 N–H and O–H groups in total. The normalized spacial score (nSPS) is 11.6. The molecular weight excluding hydrogens is 492 g/mol. The molecule has 0 aromatic carbocycles. The van der Waals surface area contributed by atoms with Crippen molar-refractivity contribution in [2.24, 2.45) is 0 Å². The van der Waals surface area contributed by atoms with Crippen LogP contribution in [-0.2, 0) is 22.7 Å². The zero-order valence-electron chi connectivity index (χ0n) is 27.3. The van der Waals surface area contributed by atoms with E-state index in [4.69, 9.17) is 13.9 Å². The van der Waals surface area contributed by atoms with Gasteiger partial charge in [0.05, 0.1) is 0 Å².